The third kappa shape index (κ3) is 2.69. The van der Waals surface area contributed by atoms with Gasteiger partial charge >= 0.3 is 0 Å². The zero-order valence-corrected chi connectivity index (χ0v) is 11.6. The summed E-state index contributed by atoms with van der Waals surface area (Å²) in [5, 5.41) is 0. The van der Waals surface area contributed by atoms with Crippen molar-refractivity contribution >= 4 is 11.8 Å². The molecule has 0 spiro atoms. The largest absolute Gasteiger partial charge is 0.336 e. The van der Waals surface area contributed by atoms with Gasteiger partial charge in [0.05, 0.1) is 6.54 Å². The molecule has 0 bridgehead atoms. The van der Waals surface area contributed by atoms with Crippen molar-refractivity contribution < 1.29 is 9.59 Å². The van der Waals surface area contributed by atoms with Crippen LogP contribution in [0.5, 0.6) is 0 Å². The number of hydrogen-bond donors (Lipinski definition) is 0. The Morgan fingerprint density at radius 2 is 2.05 bits per heavy atom. The van der Waals surface area contributed by atoms with E-state index < -0.39 is 0 Å². The van der Waals surface area contributed by atoms with Gasteiger partial charge in [0, 0.05) is 25.6 Å². The number of nitrogens with zero attached hydrogens (tertiary/aromatic N) is 2. The minimum atomic E-state index is 0.105. The summed E-state index contributed by atoms with van der Waals surface area (Å²) in [6.07, 6.45) is 3.35. The molecule has 0 radical (unpaired) electrons. The van der Waals surface area contributed by atoms with E-state index >= 15 is 0 Å². The van der Waals surface area contributed by atoms with Gasteiger partial charge in [-0.2, -0.15) is 0 Å². The quantitative estimate of drug-likeness (QED) is 0.835. The normalized spacial score (nSPS) is 22.0. The number of carbonyl (C=O) groups is 2. The van der Waals surface area contributed by atoms with Crippen LogP contribution in [0.2, 0.25) is 0 Å². The van der Waals surface area contributed by atoms with Crippen LogP contribution in [0, 0.1) is 0 Å². The number of piperazine rings is 1. The Balaban J connectivity index is 1.56. The lowest BCUT2D eigenvalue weighted by atomic mass is 10.1. The summed E-state index contributed by atoms with van der Waals surface area (Å²) in [7, 11) is 0. The molecule has 1 atom stereocenters. The first kappa shape index (κ1) is 13.2. The maximum absolute atomic E-state index is 12.3. The summed E-state index contributed by atoms with van der Waals surface area (Å²) in [4.78, 5) is 28.0. The minimum Gasteiger partial charge on any atom is -0.336 e. The molecule has 1 aromatic rings. The van der Waals surface area contributed by atoms with E-state index in [-0.39, 0.29) is 24.4 Å². The number of aryl methyl sites for hydroxylation is 1. The van der Waals surface area contributed by atoms with Crippen LogP contribution in [0.25, 0.3) is 0 Å². The Kier molecular flexibility index (Phi) is 3.72. The maximum Gasteiger partial charge on any atom is 0.242 e. The summed E-state index contributed by atoms with van der Waals surface area (Å²) >= 11 is 0. The Bertz CT molecular complexity index is 500. The zero-order valence-electron chi connectivity index (χ0n) is 11.6. The third-order valence-electron chi connectivity index (χ3n) is 4.28. The van der Waals surface area contributed by atoms with Gasteiger partial charge in [0.2, 0.25) is 11.8 Å². The molecule has 1 unspecified atom stereocenters. The number of carbonyl (C=O) groups excluding carboxylic acids is 2. The van der Waals surface area contributed by atoms with Crippen LogP contribution in [-0.4, -0.2) is 47.3 Å². The molecular weight excluding hydrogens is 252 g/mol. The highest BCUT2D eigenvalue weighted by molar-refractivity contribution is 5.86. The first-order valence-corrected chi connectivity index (χ1v) is 7.35. The SMILES string of the molecule is O=C(CCc1ccccc1)N1CC(=O)N2CCCC2C1. The smallest absolute Gasteiger partial charge is 0.242 e. The van der Waals surface area contributed by atoms with Gasteiger partial charge in [-0.3, -0.25) is 9.59 Å². The van der Waals surface area contributed by atoms with Crippen LogP contribution in [0.3, 0.4) is 0 Å². The number of hydrogen-bond acceptors (Lipinski definition) is 2. The van der Waals surface area contributed by atoms with Crippen molar-refractivity contribution in [2.24, 2.45) is 0 Å². The number of fused-ring (bicyclic) bond motifs is 1. The molecule has 2 fully saturated rings. The summed E-state index contributed by atoms with van der Waals surface area (Å²) in [6.45, 7) is 1.86. The number of rotatable bonds is 3. The Morgan fingerprint density at radius 3 is 2.85 bits per heavy atom. The topological polar surface area (TPSA) is 40.6 Å². The van der Waals surface area contributed by atoms with Gasteiger partial charge in [0.15, 0.2) is 0 Å². The van der Waals surface area contributed by atoms with Crippen molar-refractivity contribution in [2.75, 3.05) is 19.6 Å². The summed E-state index contributed by atoms with van der Waals surface area (Å²) in [6, 6.07) is 10.3. The summed E-state index contributed by atoms with van der Waals surface area (Å²) < 4.78 is 0. The highest BCUT2D eigenvalue weighted by Crippen LogP contribution is 2.22. The molecule has 4 nitrogen and oxygen atoms in total. The first-order valence-electron chi connectivity index (χ1n) is 7.35. The zero-order chi connectivity index (χ0) is 13.9. The first-order chi connectivity index (χ1) is 9.74. The minimum absolute atomic E-state index is 0.105. The molecule has 0 saturated carbocycles. The molecule has 3 rings (SSSR count). The average Bonchev–Trinajstić information content (AvgIpc) is 2.95. The van der Waals surface area contributed by atoms with Crippen LogP contribution in [0.1, 0.15) is 24.8 Å². The van der Waals surface area contributed by atoms with E-state index in [1.54, 1.807) is 4.90 Å². The molecule has 106 valence electrons. The van der Waals surface area contributed by atoms with Gasteiger partial charge in [-0.15, -0.1) is 0 Å². The van der Waals surface area contributed by atoms with Gasteiger partial charge in [0.1, 0.15) is 0 Å². The molecule has 2 saturated heterocycles. The van der Waals surface area contributed by atoms with Crippen LogP contribution in [-0.2, 0) is 16.0 Å². The Hall–Kier alpha value is -1.84. The van der Waals surface area contributed by atoms with E-state index in [4.69, 9.17) is 0 Å². The predicted octanol–water partition coefficient (Wildman–Crippen LogP) is 1.45. The Morgan fingerprint density at radius 1 is 1.25 bits per heavy atom. The Labute approximate surface area is 119 Å². The maximum atomic E-state index is 12.3. The second kappa shape index (κ2) is 5.65. The van der Waals surface area contributed by atoms with Gasteiger partial charge in [-0.25, -0.2) is 0 Å². The van der Waals surface area contributed by atoms with Crippen LogP contribution >= 0.6 is 0 Å². The molecule has 20 heavy (non-hydrogen) atoms. The van der Waals surface area contributed by atoms with Crippen molar-refractivity contribution in [1.82, 2.24) is 9.80 Å². The molecular formula is C16H20N2O2. The summed E-state index contributed by atoms with van der Waals surface area (Å²) in [5.74, 6) is 0.223. The molecule has 1 aromatic carbocycles. The molecule has 0 aliphatic carbocycles. The predicted molar refractivity (Wildman–Crippen MR) is 76.1 cm³/mol. The highest BCUT2D eigenvalue weighted by atomic mass is 16.2. The van der Waals surface area contributed by atoms with Crippen molar-refractivity contribution in [3.05, 3.63) is 35.9 Å². The second-order valence-corrected chi connectivity index (χ2v) is 5.64. The van der Waals surface area contributed by atoms with Gasteiger partial charge in [0.25, 0.3) is 0 Å². The fourth-order valence-electron chi connectivity index (χ4n) is 3.17. The van der Waals surface area contributed by atoms with Crippen LogP contribution in [0.15, 0.2) is 30.3 Å². The van der Waals surface area contributed by atoms with Gasteiger partial charge in [-0.05, 0) is 24.8 Å². The van der Waals surface area contributed by atoms with Gasteiger partial charge in [-0.1, -0.05) is 30.3 Å². The lowest BCUT2D eigenvalue weighted by molar-refractivity contribution is -0.146. The standard InChI is InChI=1S/C16H20N2O2/c19-15(9-8-13-5-2-1-3-6-13)17-11-14-7-4-10-18(14)16(20)12-17/h1-3,5-6,14H,4,7-12H2. The van der Waals surface area contributed by atoms with Crippen molar-refractivity contribution in [3.8, 4) is 0 Å². The molecule has 4 heteroatoms. The molecule has 2 aliphatic heterocycles. The summed E-state index contributed by atoms with van der Waals surface area (Å²) in [5.41, 5.74) is 1.17. The van der Waals surface area contributed by atoms with E-state index in [9.17, 15) is 9.59 Å². The molecule has 0 aromatic heterocycles. The fraction of sp³-hybridized carbons (Fsp3) is 0.500. The van der Waals surface area contributed by atoms with Crippen molar-refractivity contribution in [1.29, 1.82) is 0 Å². The molecule has 2 amide bonds. The van der Waals surface area contributed by atoms with E-state index in [2.05, 4.69) is 0 Å². The van der Waals surface area contributed by atoms with Gasteiger partial charge < -0.3 is 9.80 Å². The van der Waals surface area contributed by atoms with E-state index in [0.29, 0.717) is 6.42 Å². The number of benzene rings is 1. The van der Waals surface area contributed by atoms with E-state index in [1.165, 1.54) is 5.56 Å². The molecule has 2 heterocycles. The van der Waals surface area contributed by atoms with Crippen molar-refractivity contribution in [2.45, 2.75) is 31.7 Å². The monoisotopic (exact) mass is 272 g/mol. The molecule has 2 aliphatic rings. The number of amides is 2. The van der Waals surface area contributed by atoms with Crippen LogP contribution in [0.4, 0.5) is 0 Å². The average molecular weight is 272 g/mol. The third-order valence-corrected chi connectivity index (χ3v) is 4.28. The lowest BCUT2D eigenvalue weighted by Gasteiger charge is -2.37. The van der Waals surface area contributed by atoms with E-state index in [1.807, 2.05) is 35.2 Å². The van der Waals surface area contributed by atoms with Crippen molar-refractivity contribution in [3.63, 3.8) is 0 Å². The lowest BCUT2D eigenvalue weighted by Crippen LogP contribution is -2.55. The molecule has 0 N–H and O–H groups in total. The van der Waals surface area contributed by atoms with Crippen LogP contribution < -0.4 is 0 Å². The fourth-order valence-corrected chi connectivity index (χ4v) is 3.17. The highest BCUT2D eigenvalue weighted by Gasteiger charge is 2.36. The van der Waals surface area contributed by atoms with E-state index in [0.717, 1.165) is 32.4 Å². The second-order valence-electron chi connectivity index (χ2n) is 5.64.